The minimum Gasteiger partial charge on any atom is -0.395 e. The van der Waals surface area contributed by atoms with Gasteiger partial charge in [0.05, 0.1) is 18.8 Å². The molecule has 5 nitrogen and oxygen atoms in total. The fourth-order valence-corrected chi connectivity index (χ4v) is 1.83. The van der Waals surface area contributed by atoms with Crippen LogP contribution in [0.1, 0.15) is 24.3 Å². The molecule has 0 atom stereocenters. The summed E-state index contributed by atoms with van der Waals surface area (Å²) in [5.41, 5.74) is 0.944. The summed E-state index contributed by atoms with van der Waals surface area (Å²) >= 11 is 0. The van der Waals surface area contributed by atoms with Crippen molar-refractivity contribution in [3.8, 4) is 0 Å². The molecule has 0 unspecified atom stereocenters. The van der Waals surface area contributed by atoms with Gasteiger partial charge in [-0.15, -0.1) is 6.58 Å². The van der Waals surface area contributed by atoms with Gasteiger partial charge in [0.2, 0.25) is 0 Å². The molecule has 100 valence electrons. The average Bonchev–Trinajstić information content (AvgIpc) is 3.08. The lowest BCUT2D eigenvalue weighted by Crippen LogP contribution is -2.26. The van der Waals surface area contributed by atoms with Crippen molar-refractivity contribution < 1.29 is 9.63 Å². The Balaban J connectivity index is 1.81. The quantitative estimate of drug-likeness (QED) is 0.639. The maximum atomic E-state index is 8.97. The first-order valence-electron chi connectivity index (χ1n) is 6.43. The Morgan fingerprint density at radius 3 is 3.11 bits per heavy atom. The van der Waals surface area contributed by atoms with E-state index in [0.29, 0.717) is 19.1 Å². The van der Waals surface area contributed by atoms with Gasteiger partial charge in [0.25, 0.3) is 0 Å². The molecular weight excluding hydrogens is 230 g/mol. The van der Waals surface area contributed by atoms with Crippen molar-refractivity contribution in [2.24, 2.45) is 0 Å². The number of nitrogens with zero attached hydrogens (tertiary/aromatic N) is 2. The van der Waals surface area contributed by atoms with E-state index in [-0.39, 0.29) is 6.61 Å². The second-order valence-corrected chi connectivity index (χ2v) is 4.69. The Morgan fingerprint density at radius 2 is 2.44 bits per heavy atom. The van der Waals surface area contributed by atoms with Crippen molar-refractivity contribution >= 4 is 0 Å². The smallest absolute Gasteiger partial charge is 0.151 e. The Labute approximate surface area is 107 Å². The van der Waals surface area contributed by atoms with Crippen LogP contribution in [0.2, 0.25) is 0 Å². The lowest BCUT2D eigenvalue weighted by molar-refractivity contribution is 0.189. The van der Waals surface area contributed by atoms with Crippen LogP contribution in [-0.2, 0) is 13.1 Å². The third-order valence-electron chi connectivity index (χ3n) is 2.94. The molecule has 0 aliphatic heterocycles. The van der Waals surface area contributed by atoms with Crippen molar-refractivity contribution in [3.05, 3.63) is 30.2 Å². The molecule has 1 fully saturated rings. The zero-order valence-electron chi connectivity index (χ0n) is 10.6. The molecule has 0 bridgehead atoms. The van der Waals surface area contributed by atoms with E-state index in [1.165, 1.54) is 12.8 Å². The third-order valence-corrected chi connectivity index (χ3v) is 2.94. The highest BCUT2D eigenvalue weighted by Crippen LogP contribution is 2.19. The summed E-state index contributed by atoms with van der Waals surface area (Å²) < 4.78 is 5.29. The zero-order valence-corrected chi connectivity index (χ0v) is 10.6. The van der Waals surface area contributed by atoms with Crippen molar-refractivity contribution in [1.29, 1.82) is 0 Å². The van der Waals surface area contributed by atoms with Crippen molar-refractivity contribution in [3.63, 3.8) is 0 Å². The van der Waals surface area contributed by atoms with Gasteiger partial charge in [-0.3, -0.25) is 4.90 Å². The molecular formula is C13H21N3O2. The van der Waals surface area contributed by atoms with Crippen molar-refractivity contribution in [1.82, 2.24) is 15.4 Å². The standard InChI is InChI=1S/C13H21N3O2/c1-2-5-16(6-7-17)10-13-8-12(15-18-13)9-14-11-3-4-11/h2,8,11,14,17H,1,3-7,9-10H2. The van der Waals surface area contributed by atoms with Gasteiger partial charge in [-0.05, 0) is 12.8 Å². The topological polar surface area (TPSA) is 61.5 Å². The second-order valence-electron chi connectivity index (χ2n) is 4.69. The van der Waals surface area contributed by atoms with Crippen LogP contribution in [-0.4, -0.2) is 40.9 Å². The van der Waals surface area contributed by atoms with E-state index < -0.39 is 0 Å². The first-order valence-corrected chi connectivity index (χ1v) is 6.43. The van der Waals surface area contributed by atoms with Crippen molar-refractivity contribution in [2.45, 2.75) is 32.0 Å². The summed E-state index contributed by atoms with van der Waals surface area (Å²) in [5.74, 6) is 0.831. The molecule has 1 aliphatic rings. The van der Waals surface area contributed by atoms with E-state index in [4.69, 9.17) is 9.63 Å². The van der Waals surface area contributed by atoms with Gasteiger partial charge >= 0.3 is 0 Å². The van der Waals surface area contributed by atoms with Crippen LogP contribution in [0.5, 0.6) is 0 Å². The summed E-state index contributed by atoms with van der Waals surface area (Å²) in [5, 5.41) is 16.4. The molecule has 2 rings (SSSR count). The van der Waals surface area contributed by atoms with Gasteiger partial charge in [-0.2, -0.15) is 0 Å². The second kappa shape index (κ2) is 6.68. The molecule has 0 amide bonds. The van der Waals surface area contributed by atoms with E-state index in [1.54, 1.807) is 0 Å². The number of aromatic nitrogens is 1. The number of aliphatic hydroxyl groups is 1. The Morgan fingerprint density at radius 1 is 1.61 bits per heavy atom. The van der Waals surface area contributed by atoms with Crippen LogP contribution in [0.4, 0.5) is 0 Å². The molecule has 1 heterocycles. The molecule has 0 saturated heterocycles. The molecule has 0 radical (unpaired) electrons. The van der Waals surface area contributed by atoms with Gasteiger partial charge in [-0.1, -0.05) is 11.2 Å². The third kappa shape index (κ3) is 4.25. The molecule has 1 aliphatic carbocycles. The van der Waals surface area contributed by atoms with E-state index in [0.717, 1.165) is 24.5 Å². The van der Waals surface area contributed by atoms with Crippen LogP contribution in [0.3, 0.4) is 0 Å². The van der Waals surface area contributed by atoms with Crippen LogP contribution >= 0.6 is 0 Å². The summed E-state index contributed by atoms with van der Waals surface area (Å²) in [6, 6.07) is 2.65. The fraction of sp³-hybridized carbons (Fsp3) is 0.615. The lowest BCUT2D eigenvalue weighted by Gasteiger charge is -2.16. The normalized spacial score (nSPS) is 15.2. The first-order chi connectivity index (χ1) is 8.81. The van der Waals surface area contributed by atoms with Gasteiger partial charge in [0.1, 0.15) is 0 Å². The van der Waals surface area contributed by atoms with Crippen LogP contribution in [0.15, 0.2) is 23.2 Å². The van der Waals surface area contributed by atoms with E-state index in [2.05, 4.69) is 22.0 Å². The number of hydrogen-bond donors (Lipinski definition) is 2. The lowest BCUT2D eigenvalue weighted by atomic mass is 10.3. The van der Waals surface area contributed by atoms with Crippen LogP contribution < -0.4 is 5.32 Å². The SMILES string of the molecule is C=CCN(CCO)Cc1cc(CNC2CC2)no1. The highest BCUT2D eigenvalue weighted by molar-refractivity contribution is 5.06. The Hall–Kier alpha value is -1.17. The minimum atomic E-state index is 0.137. The van der Waals surface area contributed by atoms with E-state index in [1.807, 2.05) is 12.1 Å². The van der Waals surface area contributed by atoms with E-state index in [9.17, 15) is 0 Å². The highest BCUT2D eigenvalue weighted by Gasteiger charge is 2.20. The molecule has 1 aromatic rings. The molecule has 5 heteroatoms. The first kappa shape index (κ1) is 13.3. The highest BCUT2D eigenvalue weighted by atomic mass is 16.5. The van der Waals surface area contributed by atoms with Crippen molar-refractivity contribution in [2.75, 3.05) is 19.7 Å². The number of nitrogens with one attached hydrogen (secondary N) is 1. The summed E-state index contributed by atoms with van der Waals surface area (Å²) in [6.07, 6.45) is 4.37. The fourth-order valence-electron chi connectivity index (χ4n) is 1.83. The van der Waals surface area contributed by atoms with Gasteiger partial charge in [0.15, 0.2) is 5.76 Å². The largest absolute Gasteiger partial charge is 0.395 e. The average molecular weight is 251 g/mol. The molecule has 1 saturated carbocycles. The Bertz CT molecular complexity index is 374. The predicted molar refractivity (Wildman–Crippen MR) is 68.9 cm³/mol. The van der Waals surface area contributed by atoms with Gasteiger partial charge in [0, 0.05) is 31.7 Å². The van der Waals surface area contributed by atoms with Crippen LogP contribution in [0.25, 0.3) is 0 Å². The van der Waals surface area contributed by atoms with Gasteiger partial charge in [-0.25, -0.2) is 0 Å². The zero-order chi connectivity index (χ0) is 12.8. The molecule has 18 heavy (non-hydrogen) atoms. The number of aliphatic hydroxyl groups excluding tert-OH is 1. The molecule has 1 aromatic heterocycles. The molecule has 0 spiro atoms. The monoisotopic (exact) mass is 251 g/mol. The summed E-state index contributed by atoms with van der Waals surface area (Å²) in [6.45, 7) is 6.62. The summed E-state index contributed by atoms with van der Waals surface area (Å²) in [7, 11) is 0. The van der Waals surface area contributed by atoms with Gasteiger partial charge < -0.3 is 14.9 Å². The van der Waals surface area contributed by atoms with Crippen LogP contribution in [0, 0.1) is 0 Å². The van der Waals surface area contributed by atoms with E-state index >= 15 is 0 Å². The number of hydrogen-bond acceptors (Lipinski definition) is 5. The minimum absolute atomic E-state index is 0.137. The molecule has 2 N–H and O–H groups in total. The molecule has 0 aromatic carbocycles. The predicted octanol–water partition coefficient (Wildman–Crippen LogP) is 0.907. The Kier molecular flexibility index (Phi) is 4.92. The number of rotatable bonds is 9. The maximum absolute atomic E-state index is 8.97. The summed E-state index contributed by atoms with van der Waals surface area (Å²) in [4.78, 5) is 2.06. The maximum Gasteiger partial charge on any atom is 0.151 e.